The molecule has 2 aliphatic rings. The molecule has 5 rings (SSSR count). The summed E-state index contributed by atoms with van der Waals surface area (Å²) in [6.07, 6.45) is 7.82. The second-order valence-corrected chi connectivity index (χ2v) is 9.57. The first kappa shape index (κ1) is 22.0. The Kier molecular flexibility index (Phi) is 6.63. The standard InChI is InChI=1S/C23H27FN6O2S/c24-15-5-6-17(18(11-15)32-16-3-1-2-4-16)29-20-19-22(28-13-27-20)33-23(30-19)21(31)26-12-14-7-9-25-10-8-14/h5-6,11,13-14,16,25H,1-4,7-10,12H2,(H,26,31)(H,27,28,29). The van der Waals surface area contributed by atoms with E-state index in [9.17, 15) is 9.18 Å². The molecule has 0 bridgehead atoms. The number of carbonyl (C=O) groups excluding carboxylic acids is 1. The van der Waals surface area contributed by atoms with E-state index in [1.54, 1.807) is 6.07 Å². The molecule has 1 amide bonds. The number of thiazole rings is 1. The molecule has 0 spiro atoms. The number of fused-ring (bicyclic) bond motifs is 1. The highest BCUT2D eigenvalue weighted by molar-refractivity contribution is 7.19. The normalized spacial score (nSPS) is 17.4. The van der Waals surface area contributed by atoms with Crippen molar-refractivity contribution in [1.29, 1.82) is 0 Å². The van der Waals surface area contributed by atoms with Gasteiger partial charge in [-0.15, -0.1) is 0 Å². The molecule has 3 aromatic rings. The second kappa shape index (κ2) is 9.96. The molecule has 10 heteroatoms. The maximum atomic E-state index is 13.9. The van der Waals surface area contributed by atoms with E-state index in [0.717, 1.165) is 51.6 Å². The smallest absolute Gasteiger partial charge is 0.280 e. The summed E-state index contributed by atoms with van der Waals surface area (Å²) in [6, 6.07) is 4.40. The van der Waals surface area contributed by atoms with Crippen LogP contribution in [0.1, 0.15) is 48.3 Å². The molecule has 2 fully saturated rings. The van der Waals surface area contributed by atoms with Crippen molar-refractivity contribution in [2.75, 3.05) is 25.0 Å². The van der Waals surface area contributed by atoms with Crippen LogP contribution in [0.3, 0.4) is 0 Å². The third-order valence-electron chi connectivity index (χ3n) is 6.19. The Balaban J connectivity index is 1.34. The molecule has 0 atom stereocenters. The molecule has 1 saturated heterocycles. The van der Waals surface area contributed by atoms with Crippen LogP contribution in [0.4, 0.5) is 15.9 Å². The van der Waals surface area contributed by atoms with Gasteiger partial charge in [-0.05, 0) is 69.7 Å². The first-order chi connectivity index (χ1) is 16.2. The van der Waals surface area contributed by atoms with E-state index >= 15 is 0 Å². The minimum absolute atomic E-state index is 0.0901. The summed E-state index contributed by atoms with van der Waals surface area (Å²) in [5.74, 6) is 0.830. The molecule has 33 heavy (non-hydrogen) atoms. The zero-order chi connectivity index (χ0) is 22.6. The molecule has 174 valence electrons. The number of anilines is 2. The highest BCUT2D eigenvalue weighted by Gasteiger charge is 2.21. The minimum Gasteiger partial charge on any atom is -0.488 e. The van der Waals surface area contributed by atoms with Crippen molar-refractivity contribution in [3.8, 4) is 5.75 Å². The number of halogens is 1. The molecule has 3 heterocycles. The average molecular weight is 471 g/mol. The largest absolute Gasteiger partial charge is 0.488 e. The van der Waals surface area contributed by atoms with E-state index < -0.39 is 0 Å². The van der Waals surface area contributed by atoms with Crippen LogP contribution in [0.5, 0.6) is 5.75 Å². The number of rotatable bonds is 7. The van der Waals surface area contributed by atoms with E-state index in [1.807, 2.05) is 0 Å². The number of nitrogens with zero attached hydrogens (tertiary/aromatic N) is 3. The Morgan fingerprint density at radius 1 is 1.18 bits per heavy atom. The summed E-state index contributed by atoms with van der Waals surface area (Å²) in [5.41, 5.74) is 1.11. The van der Waals surface area contributed by atoms with Crippen molar-refractivity contribution in [3.63, 3.8) is 0 Å². The van der Waals surface area contributed by atoms with Gasteiger partial charge in [0.15, 0.2) is 10.8 Å². The molecule has 0 radical (unpaired) electrons. The number of carbonyl (C=O) groups is 1. The molecule has 2 aromatic heterocycles. The summed E-state index contributed by atoms with van der Waals surface area (Å²) in [7, 11) is 0. The highest BCUT2D eigenvalue weighted by Crippen LogP contribution is 2.34. The number of benzene rings is 1. The van der Waals surface area contributed by atoms with Crippen molar-refractivity contribution >= 4 is 39.1 Å². The van der Waals surface area contributed by atoms with Crippen LogP contribution in [0.25, 0.3) is 10.3 Å². The number of ether oxygens (including phenoxy) is 1. The van der Waals surface area contributed by atoms with Crippen LogP contribution >= 0.6 is 11.3 Å². The van der Waals surface area contributed by atoms with Crippen molar-refractivity contribution in [3.05, 3.63) is 35.4 Å². The molecule has 8 nitrogen and oxygen atoms in total. The molecule has 0 unspecified atom stereocenters. The van der Waals surface area contributed by atoms with Crippen LogP contribution in [-0.2, 0) is 0 Å². The lowest BCUT2D eigenvalue weighted by Crippen LogP contribution is -2.35. The van der Waals surface area contributed by atoms with Gasteiger partial charge in [0.05, 0.1) is 11.8 Å². The van der Waals surface area contributed by atoms with Crippen LogP contribution in [0, 0.1) is 11.7 Å². The van der Waals surface area contributed by atoms with E-state index in [-0.39, 0.29) is 17.8 Å². The lowest BCUT2D eigenvalue weighted by Gasteiger charge is -2.22. The minimum atomic E-state index is -0.359. The average Bonchev–Trinajstić information content (AvgIpc) is 3.50. The van der Waals surface area contributed by atoms with Crippen molar-refractivity contribution in [2.24, 2.45) is 5.92 Å². The number of amides is 1. The van der Waals surface area contributed by atoms with Crippen molar-refractivity contribution < 1.29 is 13.9 Å². The van der Waals surface area contributed by atoms with Crippen LogP contribution in [0.2, 0.25) is 0 Å². The fraction of sp³-hybridized carbons (Fsp3) is 0.478. The van der Waals surface area contributed by atoms with Gasteiger partial charge in [-0.3, -0.25) is 4.79 Å². The Labute approximate surface area is 195 Å². The fourth-order valence-corrected chi connectivity index (χ4v) is 5.18. The number of aromatic nitrogens is 3. The Morgan fingerprint density at radius 2 is 2.00 bits per heavy atom. The Morgan fingerprint density at radius 3 is 2.82 bits per heavy atom. The van der Waals surface area contributed by atoms with Gasteiger partial charge in [0.25, 0.3) is 5.91 Å². The van der Waals surface area contributed by atoms with Gasteiger partial charge in [-0.2, -0.15) is 0 Å². The fourth-order valence-electron chi connectivity index (χ4n) is 4.35. The predicted octanol–water partition coefficient (Wildman–Crippen LogP) is 4.02. The van der Waals surface area contributed by atoms with Crippen LogP contribution in [0.15, 0.2) is 24.5 Å². The van der Waals surface area contributed by atoms with E-state index in [4.69, 9.17) is 4.74 Å². The monoisotopic (exact) mass is 470 g/mol. The van der Waals surface area contributed by atoms with Crippen molar-refractivity contribution in [1.82, 2.24) is 25.6 Å². The number of nitrogens with one attached hydrogen (secondary N) is 3. The second-order valence-electron chi connectivity index (χ2n) is 8.59. The highest BCUT2D eigenvalue weighted by atomic mass is 32.1. The first-order valence-electron chi connectivity index (χ1n) is 11.5. The number of hydrogen-bond donors (Lipinski definition) is 3. The van der Waals surface area contributed by atoms with Crippen LogP contribution in [-0.4, -0.2) is 46.6 Å². The molecule has 1 aliphatic carbocycles. The topological polar surface area (TPSA) is 101 Å². The zero-order valence-electron chi connectivity index (χ0n) is 18.3. The molecule has 1 saturated carbocycles. The van der Waals surface area contributed by atoms with Gasteiger partial charge >= 0.3 is 0 Å². The van der Waals surface area contributed by atoms with Gasteiger partial charge in [-0.25, -0.2) is 19.3 Å². The zero-order valence-corrected chi connectivity index (χ0v) is 19.1. The summed E-state index contributed by atoms with van der Waals surface area (Å²) in [5, 5.41) is 9.90. The SMILES string of the molecule is O=C(NCC1CCNCC1)c1nc2c(Nc3ccc(F)cc3OC3CCCC3)ncnc2s1. The van der Waals surface area contributed by atoms with Gasteiger partial charge in [0.1, 0.15) is 28.2 Å². The molecular weight excluding hydrogens is 443 g/mol. The molecule has 1 aliphatic heterocycles. The summed E-state index contributed by atoms with van der Waals surface area (Å²) in [4.78, 5) is 26.4. The quantitative estimate of drug-likeness (QED) is 0.479. The van der Waals surface area contributed by atoms with Gasteiger partial charge in [0.2, 0.25) is 0 Å². The molecular formula is C23H27FN6O2S. The molecule has 1 aromatic carbocycles. The van der Waals surface area contributed by atoms with Gasteiger partial charge in [0, 0.05) is 12.6 Å². The third kappa shape index (κ3) is 5.22. The summed E-state index contributed by atoms with van der Waals surface area (Å²) >= 11 is 1.23. The lowest BCUT2D eigenvalue weighted by molar-refractivity contribution is 0.0944. The van der Waals surface area contributed by atoms with Gasteiger partial charge < -0.3 is 20.7 Å². The number of piperidine rings is 1. The summed E-state index contributed by atoms with van der Waals surface area (Å²) < 4.78 is 20.0. The Bertz CT molecular complexity index is 1130. The maximum Gasteiger partial charge on any atom is 0.280 e. The first-order valence-corrected chi connectivity index (χ1v) is 12.3. The lowest BCUT2D eigenvalue weighted by atomic mass is 9.98. The molecule has 3 N–H and O–H groups in total. The van der Waals surface area contributed by atoms with Gasteiger partial charge in [-0.1, -0.05) is 11.3 Å². The predicted molar refractivity (Wildman–Crippen MR) is 126 cm³/mol. The third-order valence-corrected chi connectivity index (χ3v) is 7.15. The van der Waals surface area contributed by atoms with E-state index in [2.05, 4.69) is 30.9 Å². The Hall–Kier alpha value is -2.85. The number of hydrogen-bond acceptors (Lipinski definition) is 8. The summed E-state index contributed by atoms with van der Waals surface area (Å²) in [6.45, 7) is 2.62. The van der Waals surface area contributed by atoms with E-state index in [1.165, 1.54) is 29.8 Å². The van der Waals surface area contributed by atoms with E-state index in [0.29, 0.717) is 45.1 Å². The maximum absolute atomic E-state index is 13.9. The van der Waals surface area contributed by atoms with Crippen LogP contribution < -0.4 is 20.7 Å². The van der Waals surface area contributed by atoms with Crippen molar-refractivity contribution in [2.45, 2.75) is 44.6 Å².